The monoisotopic (exact) mass is 166 g/mol. The molecule has 1 aromatic rings. The molecule has 0 heterocycles. The van der Waals surface area contributed by atoms with Crippen LogP contribution < -0.4 is 5.73 Å². The Morgan fingerprint density at radius 2 is 2.33 bits per heavy atom. The van der Waals surface area contributed by atoms with Crippen molar-refractivity contribution in [1.82, 2.24) is 0 Å². The fourth-order valence-corrected chi connectivity index (χ4v) is 0.929. The molecule has 0 unspecified atom stereocenters. The van der Waals surface area contributed by atoms with Crippen LogP contribution in [0, 0.1) is 4.91 Å². The molecule has 12 heavy (non-hydrogen) atoms. The molecule has 0 bridgehead atoms. The number of anilines is 1. The highest BCUT2D eigenvalue weighted by molar-refractivity contribution is 5.54. The predicted molar refractivity (Wildman–Crippen MR) is 47.0 cm³/mol. The van der Waals surface area contributed by atoms with Gasteiger partial charge in [0.25, 0.3) is 0 Å². The molecule has 0 spiro atoms. The second-order valence-electron chi connectivity index (χ2n) is 2.41. The number of hydrogen-bond acceptors (Lipinski definition) is 4. The molecule has 0 saturated carbocycles. The zero-order valence-electron chi connectivity index (χ0n) is 6.78. The van der Waals surface area contributed by atoms with E-state index in [-0.39, 0.29) is 0 Å². The first kappa shape index (κ1) is 8.67. The number of rotatable bonds is 3. The van der Waals surface area contributed by atoms with Crippen LogP contribution in [0.1, 0.15) is 5.56 Å². The second-order valence-corrected chi connectivity index (χ2v) is 2.41. The number of nitroso groups, excluding NO2 is 1. The molecule has 2 N–H and O–H groups in total. The molecule has 0 aromatic heterocycles. The highest BCUT2D eigenvalue weighted by Crippen LogP contribution is 2.20. The van der Waals surface area contributed by atoms with Gasteiger partial charge < -0.3 is 10.5 Å². The van der Waals surface area contributed by atoms with Gasteiger partial charge in [0.05, 0.1) is 6.61 Å². The Morgan fingerprint density at radius 3 is 2.92 bits per heavy atom. The number of ether oxygens (including phenoxy) is 1. The number of nitrogens with zero attached hydrogens (tertiary/aromatic N) is 1. The van der Waals surface area contributed by atoms with E-state index in [1.807, 2.05) is 0 Å². The minimum absolute atomic E-state index is 0.372. The Kier molecular flexibility index (Phi) is 2.76. The quantitative estimate of drug-likeness (QED) is 0.550. The van der Waals surface area contributed by atoms with Gasteiger partial charge >= 0.3 is 0 Å². The Bertz CT molecular complexity index is 286. The molecule has 0 aliphatic carbocycles. The van der Waals surface area contributed by atoms with E-state index in [4.69, 9.17) is 10.5 Å². The first-order valence-corrected chi connectivity index (χ1v) is 3.48. The summed E-state index contributed by atoms with van der Waals surface area (Å²) in [5.41, 5.74) is 7.38. The minimum Gasteiger partial charge on any atom is -0.398 e. The lowest BCUT2D eigenvalue weighted by atomic mass is 10.2. The molecular weight excluding hydrogens is 156 g/mol. The fraction of sp³-hybridized carbons (Fsp3) is 0.250. The van der Waals surface area contributed by atoms with Crippen molar-refractivity contribution in [3.8, 4) is 0 Å². The van der Waals surface area contributed by atoms with Gasteiger partial charge in [-0.2, -0.15) is 0 Å². The second kappa shape index (κ2) is 3.82. The molecule has 0 saturated heterocycles. The van der Waals surface area contributed by atoms with Crippen LogP contribution in [0.2, 0.25) is 0 Å². The average molecular weight is 166 g/mol. The van der Waals surface area contributed by atoms with Gasteiger partial charge in [-0.15, -0.1) is 4.91 Å². The third-order valence-electron chi connectivity index (χ3n) is 1.53. The molecule has 1 rings (SSSR count). The highest BCUT2D eigenvalue weighted by atomic mass is 16.5. The van der Waals surface area contributed by atoms with Crippen molar-refractivity contribution < 1.29 is 4.74 Å². The molecule has 0 aliphatic heterocycles. The van der Waals surface area contributed by atoms with Crippen LogP contribution in [0.3, 0.4) is 0 Å². The molecule has 0 aliphatic rings. The van der Waals surface area contributed by atoms with Crippen molar-refractivity contribution in [1.29, 1.82) is 0 Å². The smallest absolute Gasteiger partial charge is 0.108 e. The number of nitrogens with two attached hydrogens (primary N) is 1. The Balaban J connectivity index is 2.99. The largest absolute Gasteiger partial charge is 0.398 e. The van der Waals surface area contributed by atoms with Crippen LogP contribution in [0.25, 0.3) is 0 Å². The van der Waals surface area contributed by atoms with E-state index in [9.17, 15) is 4.91 Å². The minimum atomic E-state index is 0.372. The lowest BCUT2D eigenvalue weighted by molar-refractivity contribution is 0.185. The zero-order valence-corrected chi connectivity index (χ0v) is 6.78. The number of methoxy groups -OCH3 is 1. The van der Waals surface area contributed by atoms with Crippen LogP contribution in [0.5, 0.6) is 0 Å². The summed E-state index contributed by atoms with van der Waals surface area (Å²) in [6, 6.07) is 4.83. The van der Waals surface area contributed by atoms with Gasteiger partial charge in [0.1, 0.15) is 5.69 Å². The Hall–Kier alpha value is -1.42. The number of nitrogen functional groups attached to an aromatic ring is 1. The van der Waals surface area contributed by atoms with Crippen LogP contribution in [-0.4, -0.2) is 7.11 Å². The Morgan fingerprint density at radius 1 is 1.58 bits per heavy atom. The molecule has 64 valence electrons. The van der Waals surface area contributed by atoms with Crippen LogP contribution >= 0.6 is 0 Å². The van der Waals surface area contributed by atoms with Crippen LogP contribution in [0.4, 0.5) is 11.4 Å². The molecule has 4 nitrogen and oxygen atoms in total. The first-order valence-electron chi connectivity index (χ1n) is 3.48. The summed E-state index contributed by atoms with van der Waals surface area (Å²) >= 11 is 0. The maximum absolute atomic E-state index is 10.1. The number of hydrogen-bond donors (Lipinski definition) is 1. The first-order chi connectivity index (χ1) is 5.77. The van der Waals surface area contributed by atoms with E-state index in [0.29, 0.717) is 18.0 Å². The summed E-state index contributed by atoms with van der Waals surface area (Å²) in [5, 5.41) is 2.79. The van der Waals surface area contributed by atoms with Gasteiger partial charge in [-0.3, -0.25) is 0 Å². The normalized spacial score (nSPS) is 9.75. The molecule has 0 radical (unpaired) electrons. The summed E-state index contributed by atoms with van der Waals surface area (Å²) in [6.45, 7) is 0.398. The third kappa shape index (κ3) is 1.79. The summed E-state index contributed by atoms with van der Waals surface area (Å²) in [5.74, 6) is 0. The summed E-state index contributed by atoms with van der Waals surface area (Å²) in [6.07, 6.45) is 0. The van der Waals surface area contributed by atoms with Crippen molar-refractivity contribution in [3.05, 3.63) is 28.7 Å². The van der Waals surface area contributed by atoms with Crippen molar-refractivity contribution in [2.75, 3.05) is 12.8 Å². The molecular formula is C8H10N2O2. The van der Waals surface area contributed by atoms with Crippen molar-refractivity contribution in [2.24, 2.45) is 5.18 Å². The SMILES string of the molecule is COCc1cc(N=O)ccc1N. The molecule has 4 heteroatoms. The lowest BCUT2D eigenvalue weighted by Gasteiger charge is -2.03. The highest BCUT2D eigenvalue weighted by Gasteiger charge is 2.00. The topological polar surface area (TPSA) is 64.7 Å². The Labute approximate surface area is 70.3 Å². The predicted octanol–water partition coefficient (Wildman–Crippen LogP) is 1.81. The van der Waals surface area contributed by atoms with E-state index in [2.05, 4.69) is 5.18 Å². The average Bonchev–Trinajstić information content (AvgIpc) is 2.09. The molecule has 1 aromatic carbocycles. The van der Waals surface area contributed by atoms with Gasteiger partial charge in [-0.05, 0) is 23.4 Å². The van der Waals surface area contributed by atoms with Crippen LogP contribution in [-0.2, 0) is 11.3 Å². The molecule has 0 amide bonds. The third-order valence-corrected chi connectivity index (χ3v) is 1.53. The van der Waals surface area contributed by atoms with Crippen molar-refractivity contribution >= 4 is 11.4 Å². The van der Waals surface area contributed by atoms with Gasteiger partial charge in [0.2, 0.25) is 0 Å². The van der Waals surface area contributed by atoms with E-state index >= 15 is 0 Å². The zero-order chi connectivity index (χ0) is 8.97. The van der Waals surface area contributed by atoms with Crippen LogP contribution in [0.15, 0.2) is 23.4 Å². The summed E-state index contributed by atoms with van der Waals surface area (Å²) in [7, 11) is 1.57. The number of benzene rings is 1. The van der Waals surface area contributed by atoms with Gasteiger partial charge in [0, 0.05) is 18.4 Å². The van der Waals surface area contributed by atoms with E-state index in [1.54, 1.807) is 25.3 Å². The summed E-state index contributed by atoms with van der Waals surface area (Å²) < 4.78 is 4.88. The fourth-order valence-electron chi connectivity index (χ4n) is 0.929. The maximum atomic E-state index is 10.1. The maximum Gasteiger partial charge on any atom is 0.108 e. The summed E-state index contributed by atoms with van der Waals surface area (Å²) in [4.78, 5) is 10.1. The van der Waals surface area contributed by atoms with Crippen molar-refractivity contribution in [3.63, 3.8) is 0 Å². The molecule has 0 fully saturated rings. The van der Waals surface area contributed by atoms with E-state index < -0.39 is 0 Å². The van der Waals surface area contributed by atoms with E-state index in [1.165, 1.54) is 0 Å². The van der Waals surface area contributed by atoms with E-state index in [0.717, 1.165) is 5.56 Å². The lowest BCUT2D eigenvalue weighted by Crippen LogP contribution is -1.94. The standard InChI is InChI=1S/C8H10N2O2/c1-12-5-6-4-7(10-11)2-3-8(6)9/h2-4H,5,9H2,1H3. The van der Waals surface area contributed by atoms with Gasteiger partial charge in [-0.25, -0.2) is 0 Å². The van der Waals surface area contributed by atoms with Gasteiger partial charge in [0.15, 0.2) is 0 Å². The molecule has 0 atom stereocenters. The van der Waals surface area contributed by atoms with Crippen molar-refractivity contribution in [2.45, 2.75) is 6.61 Å². The van der Waals surface area contributed by atoms with Gasteiger partial charge in [-0.1, -0.05) is 0 Å².